The van der Waals surface area contributed by atoms with Crippen molar-refractivity contribution in [2.75, 3.05) is 19.7 Å². The van der Waals surface area contributed by atoms with Crippen molar-refractivity contribution in [1.29, 1.82) is 0 Å². The molecule has 0 aliphatic carbocycles. The number of ether oxygens (including phenoxy) is 1. The number of piperidine rings is 1. The molecule has 17 heavy (non-hydrogen) atoms. The average molecular weight is 243 g/mol. The van der Waals surface area contributed by atoms with Crippen molar-refractivity contribution in [3.05, 3.63) is 0 Å². The number of carbonyl (C=O) groups is 2. The first-order valence-electron chi connectivity index (χ1n) is 6.10. The van der Waals surface area contributed by atoms with Crippen LogP contribution in [0.15, 0.2) is 0 Å². The van der Waals surface area contributed by atoms with Crippen LogP contribution in [0.25, 0.3) is 0 Å². The molecule has 0 spiro atoms. The van der Waals surface area contributed by atoms with Gasteiger partial charge in [0, 0.05) is 19.5 Å². The van der Waals surface area contributed by atoms with Gasteiger partial charge in [0.1, 0.15) is 6.61 Å². The summed E-state index contributed by atoms with van der Waals surface area (Å²) in [7, 11) is 0. The molecule has 1 saturated heterocycles. The summed E-state index contributed by atoms with van der Waals surface area (Å²) < 4.78 is 5.27. The summed E-state index contributed by atoms with van der Waals surface area (Å²) in [5.41, 5.74) is 0. The second-order valence-electron chi connectivity index (χ2n) is 4.81. The number of nitrogens with zero attached hydrogens (tertiary/aromatic N) is 1. The van der Waals surface area contributed by atoms with E-state index in [0.29, 0.717) is 6.54 Å². The van der Waals surface area contributed by atoms with E-state index in [-0.39, 0.29) is 31.0 Å². The van der Waals surface area contributed by atoms with Gasteiger partial charge in [-0.25, -0.2) is 0 Å². The quantitative estimate of drug-likeness (QED) is 0.786. The Kier molecular flexibility index (Phi) is 5.41. The van der Waals surface area contributed by atoms with E-state index in [4.69, 9.17) is 9.84 Å². The van der Waals surface area contributed by atoms with E-state index in [9.17, 15) is 9.59 Å². The third-order valence-corrected chi connectivity index (χ3v) is 2.88. The Morgan fingerprint density at radius 1 is 1.47 bits per heavy atom. The molecule has 0 aromatic heterocycles. The summed E-state index contributed by atoms with van der Waals surface area (Å²) in [5.74, 6) is -0.735. The molecule has 0 aromatic rings. The zero-order valence-electron chi connectivity index (χ0n) is 10.5. The van der Waals surface area contributed by atoms with E-state index >= 15 is 0 Å². The van der Waals surface area contributed by atoms with Gasteiger partial charge in [0.05, 0.1) is 6.10 Å². The highest BCUT2D eigenvalue weighted by molar-refractivity contribution is 5.77. The molecule has 1 unspecified atom stereocenters. The van der Waals surface area contributed by atoms with Crippen LogP contribution in [-0.4, -0.2) is 47.7 Å². The van der Waals surface area contributed by atoms with Crippen LogP contribution in [0.4, 0.5) is 0 Å². The van der Waals surface area contributed by atoms with Gasteiger partial charge in [-0.2, -0.15) is 0 Å². The number of carboxylic acids is 1. The molecular formula is C12H21NO4. The lowest BCUT2D eigenvalue weighted by molar-refractivity contribution is -0.143. The van der Waals surface area contributed by atoms with Crippen LogP contribution in [0.3, 0.4) is 0 Å². The molecule has 1 rings (SSSR count). The molecule has 1 fully saturated rings. The van der Waals surface area contributed by atoms with E-state index in [0.717, 1.165) is 19.4 Å². The van der Waals surface area contributed by atoms with Crippen molar-refractivity contribution in [1.82, 2.24) is 4.90 Å². The molecule has 1 aliphatic heterocycles. The molecular weight excluding hydrogens is 222 g/mol. The Balaban J connectivity index is 2.37. The van der Waals surface area contributed by atoms with Crippen LogP contribution in [-0.2, 0) is 14.3 Å². The van der Waals surface area contributed by atoms with Crippen molar-refractivity contribution < 1.29 is 19.4 Å². The van der Waals surface area contributed by atoms with Crippen LogP contribution in [0.2, 0.25) is 0 Å². The summed E-state index contributed by atoms with van der Waals surface area (Å²) >= 11 is 0. The molecule has 0 saturated carbocycles. The molecule has 0 aromatic carbocycles. The molecule has 1 amide bonds. The van der Waals surface area contributed by atoms with Gasteiger partial charge in [0.2, 0.25) is 5.91 Å². The normalized spacial score (nSPS) is 20.6. The Morgan fingerprint density at radius 3 is 2.76 bits per heavy atom. The standard InChI is InChI=1S/C12H21NO4/c1-9(2)17-8-11(14)13-5-3-4-10(7-13)6-12(15)16/h9-10H,3-8H2,1-2H3,(H,15,16). The number of likely N-dealkylation sites (tertiary alicyclic amines) is 1. The number of amides is 1. The molecule has 0 radical (unpaired) electrons. The van der Waals surface area contributed by atoms with Gasteiger partial charge in [-0.05, 0) is 32.6 Å². The Hall–Kier alpha value is -1.10. The smallest absolute Gasteiger partial charge is 0.303 e. The lowest BCUT2D eigenvalue weighted by Crippen LogP contribution is -2.42. The van der Waals surface area contributed by atoms with Gasteiger partial charge in [-0.3, -0.25) is 9.59 Å². The largest absolute Gasteiger partial charge is 0.481 e. The minimum Gasteiger partial charge on any atom is -0.481 e. The Morgan fingerprint density at radius 2 is 2.18 bits per heavy atom. The number of rotatable bonds is 5. The molecule has 98 valence electrons. The predicted molar refractivity (Wildman–Crippen MR) is 62.6 cm³/mol. The fraction of sp³-hybridized carbons (Fsp3) is 0.833. The predicted octanol–water partition coefficient (Wildman–Crippen LogP) is 1.12. The minimum atomic E-state index is -0.789. The van der Waals surface area contributed by atoms with Gasteiger partial charge in [0.15, 0.2) is 0 Å². The third-order valence-electron chi connectivity index (χ3n) is 2.88. The summed E-state index contributed by atoms with van der Waals surface area (Å²) in [6, 6.07) is 0. The van der Waals surface area contributed by atoms with E-state index in [1.54, 1.807) is 4.90 Å². The van der Waals surface area contributed by atoms with Crippen LogP contribution >= 0.6 is 0 Å². The first-order valence-corrected chi connectivity index (χ1v) is 6.10. The highest BCUT2D eigenvalue weighted by Gasteiger charge is 2.25. The number of aliphatic carboxylic acids is 1. The van der Waals surface area contributed by atoms with Crippen molar-refractivity contribution in [2.45, 2.75) is 39.2 Å². The Bertz CT molecular complexity index is 278. The molecule has 1 N–H and O–H groups in total. The van der Waals surface area contributed by atoms with Gasteiger partial charge in [-0.1, -0.05) is 0 Å². The van der Waals surface area contributed by atoms with Crippen LogP contribution in [0, 0.1) is 5.92 Å². The van der Waals surface area contributed by atoms with Crippen molar-refractivity contribution >= 4 is 11.9 Å². The minimum absolute atomic E-state index is 0.0335. The zero-order chi connectivity index (χ0) is 12.8. The lowest BCUT2D eigenvalue weighted by atomic mass is 9.95. The summed E-state index contributed by atoms with van der Waals surface area (Å²) in [5, 5.41) is 8.74. The number of carboxylic acid groups (broad SMARTS) is 1. The van der Waals surface area contributed by atoms with E-state index in [2.05, 4.69) is 0 Å². The Labute approximate surface area is 102 Å². The summed E-state index contributed by atoms with van der Waals surface area (Å²) in [6.45, 7) is 5.13. The molecule has 0 bridgehead atoms. The molecule has 5 heteroatoms. The first-order chi connectivity index (χ1) is 7.99. The summed E-state index contributed by atoms with van der Waals surface area (Å²) in [4.78, 5) is 24.1. The maximum absolute atomic E-state index is 11.8. The second-order valence-corrected chi connectivity index (χ2v) is 4.81. The lowest BCUT2D eigenvalue weighted by Gasteiger charge is -2.32. The maximum atomic E-state index is 11.8. The fourth-order valence-electron chi connectivity index (χ4n) is 2.03. The van der Waals surface area contributed by atoms with Gasteiger partial charge in [-0.15, -0.1) is 0 Å². The third kappa shape index (κ3) is 5.17. The van der Waals surface area contributed by atoms with Crippen LogP contribution < -0.4 is 0 Å². The highest BCUT2D eigenvalue weighted by Crippen LogP contribution is 2.19. The monoisotopic (exact) mass is 243 g/mol. The molecule has 1 aliphatic rings. The first kappa shape index (κ1) is 14.0. The number of hydrogen-bond donors (Lipinski definition) is 1. The van der Waals surface area contributed by atoms with Gasteiger partial charge >= 0.3 is 5.97 Å². The van der Waals surface area contributed by atoms with Gasteiger partial charge in [0.25, 0.3) is 0 Å². The van der Waals surface area contributed by atoms with Gasteiger partial charge < -0.3 is 14.7 Å². The number of carbonyl (C=O) groups excluding carboxylic acids is 1. The number of hydrogen-bond acceptors (Lipinski definition) is 3. The van der Waals surface area contributed by atoms with Crippen molar-refractivity contribution in [2.24, 2.45) is 5.92 Å². The zero-order valence-corrected chi connectivity index (χ0v) is 10.5. The van der Waals surface area contributed by atoms with E-state index in [1.807, 2.05) is 13.8 Å². The molecule has 5 nitrogen and oxygen atoms in total. The highest BCUT2D eigenvalue weighted by atomic mass is 16.5. The average Bonchev–Trinajstić information content (AvgIpc) is 2.25. The van der Waals surface area contributed by atoms with Crippen molar-refractivity contribution in [3.8, 4) is 0 Å². The fourth-order valence-corrected chi connectivity index (χ4v) is 2.03. The summed E-state index contributed by atoms with van der Waals surface area (Å²) in [6.07, 6.45) is 1.96. The van der Waals surface area contributed by atoms with Crippen molar-refractivity contribution in [3.63, 3.8) is 0 Å². The van der Waals surface area contributed by atoms with E-state index in [1.165, 1.54) is 0 Å². The second kappa shape index (κ2) is 6.59. The topological polar surface area (TPSA) is 66.8 Å². The SMILES string of the molecule is CC(C)OCC(=O)N1CCCC(CC(=O)O)C1. The van der Waals surface area contributed by atoms with Crippen LogP contribution in [0.1, 0.15) is 33.1 Å². The molecule has 1 heterocycles. The van der Waals surface area contributed by atoms with Crippen LogP contribution in [0.5, 0.6) is 0 Å². The molecule has 1 atom stereocenters. The van der Waals surface area contributed by atoms with E-state index < -0.39 is 5.97 Å². The maximum Gasteiger partial charge on any atom is 0.303 e.